The molecule has 1 rings (SSSR count). The number of hydrogen-bond donors (Lipinski definition) is 0. The van der Waals surface area contributed by atoms with Gasteiger partial charge in [0, 0.05) is 13.1 Å². The Morgan fingerprint density at radius 2 is 1.55 bits per heavy atom. The number of hydrogen-bond acceptors (Lipinski definition) is 1. The molecule has 0 N–H and O–H groups in total. The molecular formula is C9H21NO. The highest BCUT2D eigenvalue weighted by Crippen LogP contribution is 2.09. The van der Waals surface area contributed by atoms with Crippen LogP contribution in [-0.2, 0) is 4.79 Å². The van der Waals surface area contributed by atoms with E-state index in [1.165, 1.54) is 0 Å². The predicted molar refractivity (Wildman–Crippen MR) is 49.5 cm³/mol. The zero-order valence-corrected chi connectivity index (χ0v) is 8.42. The molecule has 1 aliphatic rings. The van der Waals surface area contributed by atoms with Gasteiger partial charge in [-0.25, -0.2) is 0 Å². The molecule has 0 bridgehead atoms. The maximum atomic E-state index is 9.86. The molecule has 0 spiro atoms. The average Bonchev–Trinajstić information content (AvgIpc) is 2.06. The van der Waals surface area contributed by atoms with Gasteiger partial charge in [0.2, 0.25) is 6.41 Å². The topological polar surface area (TPSA) is 20.3 Å². The van der Waals surface area contributed by atoms with Crippen LogP contribution in [0.1, 0.15) is 34.6 Å². The zero-order valence-electron chi connectivity index (χ0n) is 8.42. The molecule has 0 aromatic heterocycles. The summed E-state index contributed by atoms with van der Waals surface area (Å²) in [7, 11) is 0. The van der Waals surface area contributed by atoms with E-state index in [-0.39, 0.29) is 0 Å². The van der Waals surface area contributed by atoms with Gasteiger partial charge >= 0.3 is 0 Å². The summed E-state index contributed by atoms with van der Waals surface area (Å²) in [5.74, 6) is 0.741. The summed E-state index contributed by atoms with van der Waals surface area (Å²) in [6, 6.07) is 0. The maximum absolute atomic E-state index is 9.86. The average molecular weight is 159 g/mol. The minimum Gasteiger partial charge on any atom is -0.345 e. The Balaban J connectivity index is 0. The van der Waals surface area contributed by atoms with Crippen LogP contribution < -0.4 is 0 Å². The lowest BCUT2D eigenvalue weighted by atomic mass is 10.1. The third-order valence-corrected chi connectivity index (χ3v) is 1.24. The summed E-state index contributed by atoms with van der Waals surface area (Å²) >= 11 is 0. The molecule has 1 amide bonds. The highest BCUT2D eigenvalue weighted by molar-refractivity contribution is 5.48. The van der Waals surface area contributed by atoms with Crippen molar-refractivity contribution in [2.24, 2.45) is 5.92 Å². The molecule has 1 heterocycles. The molecular weight excluding hydrogens is 138 g/mol. The summed E-state index contributed by atoms with van der Waals surface area (Å²) in [4.78, 5) is 11.6. The van der Waals surface area contributed by atoms with E-state index in [9.17, 15) is 4.79 Å². The van der Waals surface area contributed by atoms with E-state index in [2.05, 4.69) is 6.92 Å². The van der Waals surface area contributed by atoms with Gasteiger partial charge in [-0.05, 0) is 5.92 Å². The summed E-state index contributed by atoms with van der Waals surface area (Å²) < 4.78 is 0. The quantitative estimate of drug-likeness (QED) is 0.537. The van der Waals surface area contributed by atoms with E-state index < -0.39 is 0 Å². The van der Waals surface area contributed by atoms with Crippen molar-refractivity contribution in [3.8, 4) is 0 Å². The van der Waals surface area contributed by atoms with Gasteiger partial charge in [0.25, 0.3) is 0 Å². The molecule has 0 aromatic rings. The summed E-state index contributed by atoms with van der Waals surface area (Å²) in [5.41, 5.74) is 0. The van der Waals surface area contributed by atoms with Gasteiger partial charge in [-0.15, -0.1) is 0 Å². The molecule has 1 aliphatic heterocycles. The lowest BCUT2D eigenvalue weighted by molar-refractivity contribution is -0.123. The number of rotatable bonds is 1. The Morgan fingerprint density at radius 3 is 1.64 bits per heavy atom. The van der Waals surface area contributed by atoms with Crippen LogP contribution in [0.2, 0.25) is 0 Å². The molecule has 1 saturated heterocycles. The molecule has 2 nitrogen and oxygen atoms in total. The fourth-order valence-corrected chi connectivity index (χ4v) is 0.833. The smallest absolute Gasteiger partial charge is 0.209 e. The van der Waals surface area contributed by atoms with E-state index in [0.717, 1.165) is 25.4 Å². The Bertz CT molecular complexity index is 77.6. The molecule has 11 heavy (non-hydrogen) atoms. The Morgan fingerprint density at radius 1 is 1.18 bits per heavy atom. The largest absolute Gasteiger partial charge is 0.345 e. The van der Waals surface area contributed by atoms with E-state index in [1.54, 1.807) is 4.90 Å². The normalized spacial score (nSPS) is 14.8. The minimum atomic E-state index is 0.741. The highest BCUT2D eigenvalue weighted by atomic mass is 16.1. The molecule has 0 aliphatic carbocycles. The van der Waals surface area contributed by atoms with Crippen LogP contribution >= 0.6 is 0 Å². The van der Waals surface area contributed by atoms with Gasteiger partial charge in [-0.1, -0.05) is 34.6 Å². The number of nitrogens with zero attached hydrogens (tertiary/aromatic N) is 1. The molecule has 0 unspecified atom stereocenters. The van der Waals surface area contributed by atoms with Crippen molar-refractivity contribution >= 4 is 6.41 Å². The Kier molecular flexibility index (Phi) is 11.3. The number of amides is 1. The fourth-order valence-electron chi connectivity index (χ4n) is 0.833. The lowest BCUT2D eigenvalue weighted by Crippen LogP contribution is -2.43. The van der Waals surface area contributed by atoms with Crippen molar-refractivity contribution in [2.45, 2.75) is 34.6 Å². The number of likely N-dealkylation sites (tertiary alicyclic amines) is 1. The first kappa shape index (κ1) is 13.1. The molecule has 0 saturated carbocycles. The molecule has 1 fully saturated rings. The SMILES string of the molecule is CC.CC.CC1CN(C=O)C1. The number of carbonyl (C=O) groups is 1. The third-order valence-electron chi connectivity index (χ3n) is 1.24. The monoisotopic (exact) mass is 159 g/mol. The van der Waals surface area contributed by atoms with Gasteiger partial charge in [0.1, 0.15) is 0 Å². The van der Waals surface area contributed by atoms with Crippen molar-refractivity contribution in [1.29, 1.82) is 0 Å². The van der Waals surface area contributed by atoms with Gasteiger partial charge < -0.3 is 4.90 Å². The second-order valence-electron chi connectivity index (χ2n) is 2.16. The standard InChI is InChI=1S/C5H9NO.2C2H6/c1-5-2-6(3-5)4-7;2*1-2/h4-5H,2-3H2,1H3;2*1-2H3. The van der Waals surface area contributed by atoms with Crippen molar-refractivity contribution in [3.05, 3.63) is 0 Å². The Hall–Kier alpha value is -0.530. The van der Waals surface area contributed by atoms with E-state index in [0.29, 0.717) is 0 Å². The summed E-state index contributed by atoms with van der Waals surface area (Å²) in [6.07, 6.45) is 0.903. The van der Waals surface area contributed by atoms with Gasteiger partial charge in [-0.3, -0.25) is 4.79 Å². The van der Waals surface area contributed by atoms with E-state index in [1.807, 2.05) is 27.7 Å². The second-order valence-corrected chi connectivity index (χ2v) is 2.16. The highest BCUT2D eigenvalue weighted by Gasteiger charge is 2.19. The van der Waals surface area contributed by atoms with Crippen LogP contribution in [0.25, 0.3) is 0 Å². The molecule has 0 radical (unpaired) electrons. The minimum absolute atomic E-state index is 0.741. The zero-order chi connectivity index (χ0) is 9.28. The van der Waals surface area contributed by atoms with E-state index >= 15 is 0 Å². The fraction of sp³-hybridized carbons (Fsp3) is 0.889. The summed E-state index contributed by atoms with van der Waals surface area (Å²) in [5, 5.41) is 0. The van der Waals surface area contributed by atoms with Crippen LogP contribution in [-0.4, -0.2) is 24.4 Å². The van der Waals surface area contributed by atoms with Crippen LogP contribution in [0, 0.1) is 5.92 Å². The van der Waals surface area contributed by atoms with Crippen LogP contribution in [0.4, 0.5) is 0 Å². The second kappa shape index (κ2) is 9.47. The van der Waals surface area contributed by atoms with Crippen molar-refractivity contribution in [1.82, 2.24) is 4.90 Å². The molecule has 0 aromatic carbocycles. The third kappa shape index (κ3) is 5.89. The first-order chi connectivity index (χ1) is 5.33. The Labute approximate surface area is 70.6 Å². The van der Waals surface area contributed by atoms with Gasteiger partial charge in [0.05, 0.1) is 0 Å². The maximum Gasteiger partial charge on any atom is 0.209 e. The summed E-state index contributed by atoms with van der Waals surface area (Å²) in [6.45, 7) is 12.1. The number of carbonyl (C=O) groups excluding carboxylic acids is 1. The molecule has 2 heteroatoms. The molecule has 68 valence electrons. The van der Waals surface area contributed by atoms with Crippen LogP contribution in [0.15, 0.2) is 0 Å². The predicted octanol–water partition coefficient (Wildman–Crippen LogP) is 2.15. The van der Waals surface area contributed by atoms with Crippen LogP contribution in [0.3, 0.4) is 0 Å². The van der Waals surface area contributed by atoms with E-state index in [4.69, 9.17) is 0 Å². The van der Waals surface area contributed by atoms with Gasteiger partial charge in [-0.2, -0.15) is 0 Å². The van der Waals surface area contributed by atoms with Crippen molar-refractivity contribution in [2.75, 3.05) is 13.1 Å². The van der Waals surface area contributed by atoms with Crippen molar-refractivity contribution in [3.63, 3.8) is 0 Å². The molecule has 0 atom stereocenters. The lowest BCUT2D eigenvalue weighted by Gasteiger charge is -2.33. The first-order valence-corrected chi connectivity index (χ1v) is 4.52. The van der Waals surface area contributed by atoms with Crippen LogP contribution in [0.5, 0.6) is 0 Å². The van der Waals surface area contributed by atoms with Crippen molar-refractivity contribution < 1.29 is 4.79 Å². The van der Waals surface area contributed by atoms with Gasteiger partial charge in [0.15, 0.2) is 0 Å². The first-order valence-electron chi connectivity index (χ1n) is 4.52.